The highest BCUT2D eigenvalue weighted by Crippen LogP contribution is 2.40. The van der Waals surface area contributed by atoms with Crippen molar-refractivity contribution in [1.29, 1.82) is 0 Å². The average molecular weight is 381 g/mol. The molecular weight excluding hydrogens is 363 g/mol. The molecule has 0 unspecified atom stereocenters. The lowest BCUT2D eigenvalue weighted by molar-refractivity contribution is -0.0304. The highest BCUT2D eigenvalue weighted by molar-refractivity contribution is 9.10. The first kappa shape index (κ1) is 15.1. The van der Waals surface area contributed by atoms with Gasteiger partial charge in [0.05, 0.1) is 16.6 Å². The average Bonchev–Trinajstić information content (AvgIpc) is 3.03. The van der Waals surface area contributed by atoms with Crippen molar-refractivity contribution in [3.05, 3.63) is 34.2 Å². The summed E-state index contributed by atoms with van der Waals surface area (Å²) in [7, 11) is 0. The number of benzene rings is 1. The number of halogens is 2. The maximum atomic E-state index is 13.7. The quantitative estimate of drug-likeness (QED) is 0.825. The van der Waals surface area contributed by atoms with Crippen LogP contribution in [0.2, 0.25) is 0 Å². The number of esters is 1. The Morgan fingerprint density at radius 1 is 1.30 bits per heavy atom. The van der Waals surface area contributed by atoms with Gasteiger partial charge in [-0.15, -0.1) is 0 Å². The summed E-state index contributed by atoms with van der Waals surface area (Å²) in [5.74, 6) is -0.769. The van der Waals surface area contributed by atoms with Gasteiger partial charge in [0.25, 0.3) is 0 Å². The van der Waals surface area contributed by atoms with Gasteiger partial charge in [-0.1, -0.05) is 0 Å². The molecule has 0 atom stereocenters. The molecule has 0 aliphatic carbocycles. The second-order valence-corrected chi connectivity index (χ2v) is 7.45. The SMILES string of the molecule is O=C(OCC12CCN(CC1)CC2)c1c[nH]c2ccc(F)c(Br)c12. The van der Waals surface area contributed by atoms with Gasteiger partial charge in [-0.3, -0.25) is 0 Å². The lowest BCUT2D eigenvalue weighted by Crippen LogP contribution is -2.50. The molecule has 122 valence electrons. The summed E-state index contributed by atoms with van der Waals surface area (Å²) in [6.07, 6.45) is 4.86. The Morgan fingerprint density at radius 2 is 2.00 bits per heavy atom. The smallest absolute Gasteiger partial charge is 0.340 e. The number of hydrogen-bond acceptors (Lipinski definition) is 3. The topological polar surface area (TPSA) is 45.3 Å². The zero-order chi connectivity index (χ0) is 16.0. The van der Waals surface area contributed by atoms with Crippen LogP contribution in [-0.2, 0) is 4.74 Å². The maximum Gasteiger partial charge on any atom is 0.340 e. The highest BCUT2D eigenvalue weighted by Gasteiger charge is 2.40. The summed E-state index contributed by atoms with van der Waals surface area (Å²) in [5, 5.41) is 0.547. The fourth-order valence-corrected chi connectivity index (χ4v) is 4.29. The number of piperidine rings is 3. The van der Waals surface area contributed by atoms with Gasteiger partial charge < -0.3 is 14.6 Å². The van der Waals surface area contributed by atoms with Gasteiger partial charge in [-0.2, -0.15) is 0 Å². The third kappa shape index (κ3) is 2.58. The largest absolute Gasteiger partial charge is 0.461 e. The van der Waals surface area contributed by atoms with Gasteiger partial charge in [-0.05, 0) is 67.0 Å². The van der Waals surface area contributed by atoms with Crippen molar-refractivity contribution in [3.63, 3.8) is 0 Å². The molecule has 6 heteroatoms. The number of ether oxygens (including phenoxy) is 1. The third-order valence-corrected chi connectivity index (χ3v) is 6.12. The summed E-state index contributed by atoms with van der Waals surface area (Å²) < 4.78 is 19.7. The number of hydrogen-bond donors (Lipinski definition) is 1. The van der Waals surface area contributed by atoms with E-state index in [1.54, 1.807) is 12.3 Å². The monoisotopic (exact) mass is 380 g/mol. The van der Waals surface area contributed by atoms with E-state index in [1.165, 1.54) is 6.07 Å². The first-order chi connectivity index (χ1) is 11.1. The Bertz CT molecular complexity index is 752. The molecule has 4 nitrogen and oxygen atoms in total. The lowest BCUT2D eigenvalue weighted by atomic mass is 9.73. The van der Waals surface area contributed by atoms with Crippen LogP contribution in [0.25, 0.3) is 10.9 Å². The predicted molar refractivity (Wildman–Crippen MR) is 89.0 cm³/mol. The first-order valence-corrected chi connectivity index (χ1v) is 8.72. The van der Waals surface area contributed by atoms with E-state index in [-0.39, 0.29) is 17.2 Å². The van der Waals surface area contributed by atoms with Gasteiger partial charge in [0.2, 0.25) is 0 Å². The number of fused-ring (bicyclic) bond motifs is 4. The van der Waals surface area contributed by atoms with Crippen molar-refractivity contribution >= 4 is 32.8 Å². The molecule has 0 amide bonds. The fourth-order valence-electron chi connectivity index (χ4n) is 3.73. The second kappa shape index (κ2) is 5.60. The summed E-state index contributed by atoms with van der Waals surface area (Å²) >= 11 is 3.23. The third-order valence-electron chi connectivity index (χ3n) is 5.34. The van der Waals surface area contributed by atoms with Crippen molar-refractivity contribution in [2.24, 2.45) is 5.41 Å². The Balaban J connectivity index is 1.54. The second-order valence-electron chi connectivity index (χ2n) is 6.65. The van der Waals surface area contributed by atoms with E-state index in [9.17, 15) is 9.18 Å². The molecule has 0 spiro atoms. The first-order valence-electron chi connectivity index (χ1n) is 7.93. The number of H-pyrrole nitrogens is 1. The van der Waals surface area contributed by atoms with Gasteiger partial charge in [-0.25, -0.2) is 9.18 Å². The number of rotatable bonds is 3. The fraction of sp³-hybridized carbons (Fsp3) is 0.471. The van der Waals surface area contributed by atoms with Crippen molar-refractivity contribution in [1.82, 2.24) is 9.88 Å². The molecule has 4 heterocycles. The molecule has 0 saturated carbocycles. The number of aromatic nitrogens is 1. The van der Waals surface area contributed by atoms with Crippen LogP contribution in [0.5, 0.6) is 0 Å². The Kier molecular flexibility index (Phi) is 3.69. The Hall–Kier alpha value is -1.40. The number of nitrogens with zero attached hydrogens (tertiary/aromatic N) is 1. The summed E-state index contributed by atoms with van der Waals surface area (Å²) in [6.45, 7) is 3.75. The number of carbonyl (C=O) groups excluding carboxylic acids is 1. The number of nitrogens with one attached hydrogen (secondary N) is 1. The van der Waals surface area contributed by atoms with Crippen LogP contribution >= 0.6 is 15.9 Å². The summed E-state index contributed by atoms with van der Waals surface area (Å²) in [6, 6.07) is 2.99. The van der Waals surface area contributed by atoms with E-state index < -0.39 is 0 Å². The molecule has 23 heavy (non-hydrogen) atoms. The van der Waals surface area contributed by atoms with Crippen LogP contribution in [0, 0.1) is 11.2 Å². The zero-order valence-corrected chi connectivity index (χ0v) is 14.3. The van der Waals surface area contributed by atoms with Crippen LogP contribution in [0.1, 0.15) is 29.6 Å². The van der Waals surface area contributed by atoms with Gasteiger partial charge in [0.1, 0.15) is 5.82 Å². The molecule has 3 saturated heterocycles. The molecule has 2 bridgehead atoms. The minimum Gasteiger partial charge on any atom is -0.461 e. The molecule has 3 aliphatic heterocycles. The van der Waals surface area contributed by atoms with E-state index in [2.05, 4.69) is 25.8 Å². The summed E-state index contributed by atoms with van der Waals surface area (Å²) in [5.41, 5.74) is 1.24. The van der Waals surface area contributed by atoms with Crippen molar-refractivity contribution in [2.45, 2.75) is 19.3 Å². The number of carbonyl (C=O) groups is 1. The predicted octanol–water partition coefficient (Wildman–Crippen LogP) is 3.71. The van der Waals surface area contributed by atoms with E-state index in [0.717, 1.165) is 44.4 Å². The number of aromatic amines is 1. The van der Waals surface area contributed by atoms with Crippen LogP contribution in [0.3, 0.4) is 0 Å². The normalized spacial score (nSPS) is 26.6. The highest BCUT2D eigenvalue weighted by atomic mass is 79.9. The molecule has 1 N–H and O–H groups in total. The van der Waals surface area contributed by atoms with E-state index in [0.29, 0.717) is 22.0 Å². The molecule has 3 aliphatic rings. The Morgan fingerprint density at radius 3 is 2.70 bits per heavy atom. The molecule has 5 rings (SSSR count). The zero-order valence-electron chi connectivity index (χ0n) is 12.7. The molecule has 3 fully saturated rings. The molecule has 2 aromatic rings. The van der Waals surface area contributed by atoms with Crippen LogP contribution in [0.15, 0.2) is 22.8 Å². The molecule has 1 aromatic carbocycles. The van der Waals surface area contributed by atoms with Crippen LogP contribution in [-0.4, -0.2) is 42.1 Å². The molecular formula is C17H18BrFN2O2. The van der Waals surface area contributed by atoms with Crippen LogP contribution in [0.4, 0.5) is 4.39 Å². The lowest BCUT2D eigenvalue weighted by Gasteiger charge is -2.47. The molecule has 1 aromatic heterocycles. The van der Waals surface area contributed by atoms with Crippen LogP contribution < -0.4 is 0 Å². The van der Waals surface area contributed by atoms with Gasteiger partial charge in [0.15, 0.2) is 0 Å². The van der Waals surface area contributed by atoms with Crippen molar-refractivity contribution < 1.29 is 13.9 Å². The van der Waals surface area contributed by atoms with Gasteiger partial charge in [0, 0.05) is 22.5 Å². The van der Waals surface area contributed by atoms with Crippen molar-refractivity contribution in [3.8, 4) is 0 Å². The van der Waals surface area contributed by atoms with E-state index >= 15 is 0 Å². The van der Waals surface area contributed by atoms with E-state index in [1.807, 2.05) is 0 Å². The molecule has 0 radical (unpaired) electrons. The van der Waals surface area contributed by atoms with E-state index in [4.69, 9.17) is 4.74 Å². The minimum atomic E-state index is -0.385. The van der Waals surface area contributed by atoms with Gasteiger partial charge >= 0.3 is 5.97 Å². The minimum absolute atomic E-state index is 0.138. The summed E-state index contributed by atoms with van der Waals surface area (Å²) in [4.78, 5) is 18.0. The standard InChI is InChI=1S/C17H18BrFN2O2/c18-15-12(19)1-2-13-14(15)11(9-20-13)16(22)23-10-17-3-6-21(7-4-17)8-5-17/h1-2,9,20H,3-8,10H2. The maximum absolute atomic E-state index is 13.7. The van der Waals surface area contributed by atoms with Crippen molar-refractivity contribution in [2.75, 3.05) is 26.2 Å². The Labute approximate surface area is 142 Å².